The lowest BCUT2D eigenvalue weighted by Gasteiger charge is -2.06. The Morgan fingerprint density at radius 2 is 1.92 bits per heavy atom. The van der Waals surface area contributed by atoms with E-state index in [9.17, 15) is 19.2 Å². The summed E-state index contributed by atoms with van der Waals surface area (Å²) in [7, 11) is 0. The fourth-order valence-corrected chi connectivity index (χ4v) is 2.18. The smallest absolute Gasteiger partial charge is 0.338 e. The molecule has 0 bridgehead atoms. The van der Waals surface area contributed by atoms with Crippen LogP contribution in [-0.4, -0.2) is 18.5 Å². The molecule has 0 atom stereocenters. The van der Waals surface area contributed by atoms with Crippen LogP contribution in [0.15, 0.2) is 48.0 Å². The number of rotatable bonds is 5. The normalized spacial score (nSPS) is 10.8. The van der Waals surface area contributed by atoms with E-state index in [-0.39, 0.29) is 18.0 Å². The Kier molecular flexibility index (Phi) is 6.23. The number of hydrogen-bond donors (Lipinski definition) is 1. The molecule has 2 aromatic rings. The first-order chi connectivity index (χ1) is 12.4. The number of nitrogens with one attached hydrogen (secondary N) is 1. The zero-order valence-corrected chi connectivity index (χ0v) is 14.4. The topological polar surface area (TPSA) is 79.2 Å². The van der Waals surface area contributed by atoms with Gasteiger partial charge in [-0.15, -0.1) is 0 Å². The van der Waals surface area contributed by atoms with Crippen molar-refractivity contribution in [3.63, 3.8) is 0 Å². The van der Waals surface area contributed by atoms with Crippen molar-refractivity contribution in [2.45, 2.75) is 13.8 Å². The van der Waals surface area contributed by atoms with Crippen LogP contribution in [0.25, 0.3) is 6.08 Å². The minimum Gasteiger partial charge on any atom is -0.462 e. The van der Waals surface area contributed by atoms with Crippen LogP contribution in [0.4, 0.5) is 10.1 Å². The number of benzene rings is 2. The van der Waals surface area contributed by atoms with Gasteiger partial charge in [0.15, 0.2) is 0 Å². The number of hydrogen-bond acceptors (Lipinski definition) is 4. The van der Waals surface area contributed by atoms with E-state index in [1.807, 2.05) is 6.07 Å². The van der Waals surface area contributed by atoms with Crippen molar-refractivity contribution >= 4 is 23.6 Å². The van der Waals surface area contributed by atoms with Gasteiger partial charge in [0.25, 0.3) is 5.91 Å². The summed E-state index contributed by atoms with van der Waals surface area (Å²) in [6, 6.07) is 12.3. The SMILES string of the molecule is CCOC(=O)c1ccc(NC(=O)/C(C#N)=C/c2ccc(F)c(C)c2)cc1. The number of halogens is 1. The van der Waals surface area contributed by atoms with Gasteiger partial charge in [0.2, 0.25) is 0 Å². The molecule has 0 heterocycles. The monoisotopic (exact) mass is 352 g/mol. The maximum absolute atomic E-state index is 13.3. The van der Waals surface area contributed by atoms with Gasteiger partial charge in [0.05, 0.1) is 12.2 Å². The molecule has 0 aliphatic carbocycles. The van der Waals surface area contributed by atoms with Gasteiger partial charge in [0.1, 0.15) is 17.5 Å². The van der Waals surface area contributed by atoms with E-state index in [0.29, 0.717) is 22.4 Å². The lowest BCUT2D eigenvalue weighted by atomic mass is 10.1. The van der Waals surface area contributed by atoms with Crippen LogP contribution in [0.1, 0.15) is 28.4 Å². The number of nitriles is 1. The molecule has 0 unspecified atom stereocenters. The fourth-order valence-electron chi connectivity index (χ4n) is 2.18. The van der Waals surface area contributed by atoms with Crippen molar-refractivity contribution < 1.29 is 18.7 Å². The van der Waals surface area contributed by atoms with Crippen LogP contribution in [0, 0.1) is 24.1 Å². The molecule has 0 saturated carbocycles. The molecular weight excluding hydrogens is 335 g/mol. The summed E-state index contributed by atoms with van der Waals surface area (Å²) in [5, 5.41) is 11.8. The number of carbonyl (C=O) groups is 2. The maximum atomic E-state index is 13.3. The van der Waals surface area contributed by atoms with Gasteiger partial charge in [-0.05, 0) is 67.4 Å². The van der Waals surface area contributed by atoms with Crippen LogP contribution < -0.4 is 5.32 Å². The minimum atomic E-state index is -0.599. The third kappa shape index (κ3) is 4.77. The average molecular weight is 352 g/mol. The fraction of sp³-hybridized carbons (Fsp3) is 0.150. The van der Waals surface area contributed by atoms with E-state index >= 15 is 0 Å². The van der Waals surface area contributed by atoms with Gasteiger partial charge < -0.3 is 10.1 Å². The second kappa shape index (κ2) is 8.58. The van der Waals surface area contributed by atoms with Crippen molar-refractivity contribution in [3.05, 3.63) is 70.5 Å². The quantitative estimate of drug-likeness (QED) is 0.503. The number of carbonyl (C=O) groups excluding carboxylic acids is 2. The average Bonchev–Trinajstić information content (AvgIpc) is 2.63. The van der Waals surface area contributed by atoms with Gasteiger partial charge in [-0.3, -0.25) is 4.79 Å². The molecule has 2 aromatic carbocycles. The third-order valence-electron chi connectivity index (χ3n) is 3.51. The van der Waals surface area contributed by atoms with Gasteiger partial charge in [-0.25, -0.2) is 9.18 Å². The highest BCUT2D eigenvalue weighted by molar-refractivity contribution is 6.09. The largest absolute Gasteiger partial charge is 0.462 e. The Labute approximate surface area is 150 Å². The Bertz CT molecular complexity index is 896. The van der Waals surface area contributed by atoms with E-state index in [1.165, 1.54) is 30.3 Å². The van der Waals surface area contributed by atoms with Crippen LogP contribution >= 0.6 is 0 Å². The standard InChI is InChI=1S/C20H17FN2O3/c1-3-26-20(25)15-5-7-17(8-6-15)23-19(24)16(12-22)11-14-4-9-18(21)13(2)10-14/h4-11H,3H2,1-2H3,(H,23,24)/b16-11+. The van der Waals surface area contributed by atoms with Crippen LogP contribution in [0.5, 0.6) is 0 Å². The molecule has 0 aliphatic rings. The zero-order chi connectivity index (χ0) is 19.1. The summed E-state index contributed by atoms with van der Waals surface area (Å²) >= 11 is 0. The minimum absolute atomic E-state index is 0.120. The van der Waals surface area contributed by atoms with E-state index in [4.69, 9.17) is 4.74 Å². The Balaban J connectivity index is 2.14. The first kappa shape index (κ1) is 18.9. The number of aryl methyl sites for hydroxylation is 1. The number of esters is 1. The van der Waals surface area contributed by atoms with E-state index < -0.39 is 11.9 Å². The summed E-state index contributed by atoms with van der Waals surface area (Å²) in [5.74, 6) is -1.40. The lowest BCUT2D eigenvalue weighted by Crippen LogP contribution is -2.13. The Morgan fingerprint density at radius 1 is 1.23 bits per heavy atom. The van der Waals surface area contributed by atoms with Crippen molar-refractivity contribution in [2.75, 3.05) is 11.9 Å². The highest BCUT2D eigenvalue weighted by Gasteiger charge is 2.11. The Hall–Kier alpha value is -3.46. The molecular formula is C20H17FN2O3. The summed E-state index contributed by atoms with van der Waals surface area (Å²) in [6.07, 6.45) is 1.38. The molecule has 0 fully saturated rings. The lowest BCUT2D eigenvalue weighted by molar-refractivity contribution is -0.112. The second-order valence-electron chi connectivity index (χ2n) is 5.43. The van der Waals surface area contributed by atoms with Gasteiger partial charge in [0, 0.05) is 5.69 Å². The molecule has 5 nitrogen and oxygen atoms in total. The van der Waals surface area contributed by atoms with E-state index in [1.54, 1.807) is 32.0 Å². The van der Waals surface area contributed by atoms with Crippen molar-refractivity contribution in [1.82, 2.24) is 0 Å². The molecule has 6 heteroatoms. The first-order valence-corrected chi connectivity index (χ1v) is 7.91. The molecule has 1 N–H and O–H groups in total. The first-order valence-electron chi connectivity index (χ1n) is 7.91. The number of nitrogens with zero attached hydrogens (tertiary/aromatic N) is 1. The number of anilines is 1. The maximum Gasteiger partial charge on any atom is 0.338 e. The highest BCUT2D eigenvalue weighted by atomic mass is 19.1. The third-order valence-corrected chi connectivity index (χ3v) is 3.51. The summed E-state index contributed by atoms with van der Waals surface area (Å²) in [4.78, 5) is 23.9. The zero-order valence-electron chi connectivity index (χ0n) is 14.4. The van der Waals surface area contributed by atoms with Crippen molar-refractivity contribution in [3.8, 4) is 6.07 Å². The predicted molar refractivity (Wildman–Crippen MR) is 95.8 cm³/mol. The van der Waals surface area contributed by atoms with Gasteiger partial charge >= 0.3 is 5.97 Å². The molecule has 0 aliphatic heterocycles. The Morgan fingerprint density at radius 3 is 2.50 bits per heavy atom. The molecule has 0 saturated heterocycles. The number of amides is 1. The molecule has 0 spiro atoms. The van der Waals surface area contributed by atoms with E-state index in [2.05, 4.69) is 5.32 Å². The summed E-state index contributed by atoms with van der Waals surface area (Å²) < 4.78 is 18.2. The summed E-state index contributed by atoms with van der Waals surface area (Å²) in [6.45, 7) is 3.59. The van der Waals surface area contributed by atoms with Crippen LogP contribution in [0.2, 0.25) is 0 Å². The van der Waals surface area contributed by atoms with Crippen LogP contribution in [0.3, 0.4) is 0 Å². The van der Waals surface area contributed by atoms with Crippen molar-refractivity contribution in [1.29, 1.82) is 5.26 Å². The van der Waals surface area contributed by atoms with Crippen molar-refractivity contribution in [2.24, 2.45) is 0 Å². The molecule has 26 heavy (non-hydrogen) atoms. The summed E-state index contributed by atoms with van der Waals surface area (Å²) in [5.41, 5.74) is 1.65. The second-order valence-corrected chi connectivity index (χ2v) is 5.43. The van der Waals surface area contributed by atoms with Gasteiger partial charge in [-0.1, -0.05) is 6.07 Å². The number of ether oxygens (including phenoxy) is 1. The van der Waals surface area contributed by atoms with Crippen LogP contribution in [-0.2, 0) is 9.53 Å². The molecule has 0 aromatic heterocycles. The van der Waals surface area contributed by atoms with Gasteiger partial charge in [-0.2, -0.15) is 5.26 Å². The molecule has 132 valence electrons. The molecule has 1 amide bonds. The molecule has 0 radical (unpaired) electrons. The predicted octanol–water partition coefficient (Wildman–Crippen LogP) is 3.86. The molecule has 2 rings (SSSR count). The van der Waals surface area contributed by atoms with E-state index in [0.717, 1.165) is 0 Å². The highest BCUT2D eigenvalue weighted by Crippen LogP contribution is 2.15.